The molecule has 1 fully saturated rings. The Morgan fingerprint density at radius 3 is 2.92 bits per heavy atom. The average molecular weight is 355 g/mol. The van der Waals surface area contributed by atoms with Gasteiger partial charge in [0, 0.05) is 36.6 Å². The van der Waals surface area contributed by atoms with E-state index in [2.05, 4.69) is 23.3 Å². The molecule has 4 heterocycles. The van der Waals surface area contributed by atoms with Crippen molar-refractivity contribution in [3.63, 3.8) is 0 Å². The zero-order chi connectivity index (χ0) is 17.4. The molecule has 0 aromatic carbocycles. The molecule has 0 spiro atoms. The van der Waals surface area contributed by atoms with Gasteiger partial charge in [-0.2, -0.15) is 0 Å². The van der Waals surface area contributed by atoms with Crippen LogP contribution in [0.15, 0.2) is 30.6 Å². The summed E-state index contributed by atoms with van der Waals surface area (Å²) in [5, 5.41) is 4.09. The monoisotopic (exact) mass is 355 g/mol. The van der Waals surface area contributed by atoms with Crippen molar-refractivity contribution in [2.45, 2.75) is 32.8 Å². The summed E-state index contributed by atoms with van der Waals surface area (Å²) in [6.45, 7) is 5.41. The van der Waals surface area contributed by atoms with Crippen LogP contribution in [-0.4, -0.2) is 34.7 Å². The highest BCUT2D eigenvalue weighted by Gasteiger charge is 2.23. The number of hydrogen-bond donors (Lipinski definition) is 1. The molecule has 25 heavy (non-hydrogen) atoms. The van der Waals surface area contributed by atoms with Crippen LogP contribution in [-0.2, 0) is 4.74 Å². The van der Waals surface area contributed by atoms with Gasteiger partial charge in [-0.3, -0.25) is 4.79 Å². The molecule has 0 aliphatic carbocycles. The van der Waals surface area contributed by atoms with Crippen LogP contribution in [0.4, 0.5) is 0 Å². The van der Waals surface area contributed by atoms with Gasteiger partial charge < -0.3 is 14.6 Å². The summed E-state index contributed by atoms with van der Waals surface area (Å²) in [6, 6.07) is 6.00. The van der Waals surface area contributed by atoms with Crippen LogP contribution in [0.3, 0.4) is 0 Å². The predicted octanol–water partition coefficient (Wildman–Crippen LogP) is 3.61. The van der Waals surface area contributed by atoms with Crippen LogP contribution < -0.4 is 5.32 Å². The molecule has 1 N–H and O–H groups in total. The fourth-order valence-electron chi connectivity index (χ4n) is 3.40. The molecule has 0 bridgehead atoms. The first kappa shape index (κ1) is 16.3. The number of ether oxygens (including phenoxy) is 1. The molecule has 1 aliphatic rings. The van der Waals surface area contributed by atoms with Crippen LogP contribution in [0.5, 0.6) is 0 Å². The van der Waals surface area contributed by atoms with Gasteiger partial charge in [-0.15, -0.1) is 11.3 Å². The summed E-state index contributed by atoms with van der Waals surface area (Å²) in [6.07, 6.45) is 6.16. The SMILES string of the molecule is Cc1cc(C)c2c(-n3cccc3)c(C(=O)NCC3CCCO3)sc2n1. The van der Waals surface area contributed by atoms with E-state index in [4.69, 9.17) is 4.74 Å². The molecule has 1 atom stereocenters. The lowest BCUT2D eigenvalue weighted by Gasteiger charge is -2.11. The highest BCUT2D eigenvalue weighted by Crippen LogP contribution is 2.35. The zero-order valence-electron chi connectivity index (χ0n) is 14.4. The van der Waals surface area contributed by atoms with Gasteiger partial charge in [0.1, 0.15) is 9.71 Å². The van der Waals surface area contributed by atoms with Crippen molar-refractivity contribution in [2.24, 2.45) is 0 Å². The minimum absolute atomic E-state index is 0.0562. The molecule has 130 valence electrons. The second-order valence-corrected chi connectivity index (χ2v) is 7.47. The number of rotatable bonds is 4. The number of hydrogen-bond acceptors (Lipinski definition) is 4. The van der Waals surface area contributed by atoms with Crippen LogP contribution in [0, 0.1) is 13.8 Å². The van der Waals surface area contributed by atoms with Crippen LogP contribution in [0.25, 0.3) is 15.9 Å². The maximum absolute atomic E-state index is 12.9. The Balaban J connectivity index is 1.75. The second kappa shape index (κ2) is 6.61. The third kappa shape index (κ3) is 3.07. The average Bonchev–Trinajstić information content (AvgIpc) is 3.31. The highest BCUT2D eigenvalue weighted by atomic mass is 32.1. The Bertz CT molecular complexity index is 909. The van der Waals surface area contributed by atoms with E-state index >= 15 is 0 Å². The molecule has 1 amide bonds. The lowest BCUT2D eigenvalue weighted by Crippen LogP contribution is -2.31. The van der Waals surface area contributed by atoms with Crippen molar-refractivity contribution in [2.75, 3.05) is 13.2 Å². The quantitative estimate of drug-likeness (QED) is 0.778. The van der Waals surface area contributed by atoms with Gasteiger partial charge in [-0.25, -0.2) is 4.98 Å². The molecule has 4 rings (SSSR count). The standard InChI is InChI=1S/C19H21N3O2S/c1-12-10-13(2)21-19-15(12)16(22-7-3-4-8-22)17(25-19)18(23)20-11-14-6-5-9-24-14/h3-4,7-8,10,14H,5-6,9,11H2,1-2H3,(H,20,23). The van der Waals surface area contributed by atoms with Crippen LogP contribution >= 0.6 is 11.3 Å². The molecule has 6 heteroatoms. The van der Waals surface area contributed by atoms with Crippen LogP contribution in [0.1, 0.15) is 33.8 Å². The summed E-state index contributed by atoms with van der Waals surface area (Å²) in [5.74, 6) is -0.0562. The number of pyridine rings is 1. The smallest absolute Gasteiger partial charge is 0.263 e. The minimum Gasteiger partial charge on any atom is -0.376 e. The van der Waals surface area contributed by atoms with Gasteiger partial charge in [0.25, 0.3) is 5.91 Å². The highest BCUT2D eigenvalue weighted by molar-refractivity contribution is 7.21. The van der Waals surface area contributed by atoms with Gasteiger partial charge in [-0.1, -0.05) is 0 Å². The van der Waals surface area contributed by atoms with E-state index in [1.165, 1.54) is 11.3 Å². The summed E-state index contributed by atoms with van der Waals surface area (Å²) < 4.78 is 7.61. The summed E-state index contributed by atoms with van der Waals surface area (Å²) in [7, 11) is 0. The first-order valence-electron chi connectivity index (χ1n) is 8.57. The topological polar surface area (TPSA) is 56.2 Å². The van der Waals surface area contributed by atoms with Crippen molar-refractivity contribution in [1.29, 1.82) is 0 Å². The molecule has 0 radical (unpaired) electrons. The zero-order valence-corrected chi connectivity index (χ0v) is 15.2. The van der Waals surface area contributed by atoms with E-state index in [0.29, 0.717) is 11.4 Å². The number of aryl methyl sites for hydroxylation is 2. The van der Waals surface area contributed by atoms with Crippen molar-refractivity contribution >= 4 is 27.5 Å². The number of carbonyl (C=O) groups excluding carboxylic acids is 1. The molecule has 5 nitrogen and oxygen atoms in total. The largest absolute Gasteiger partial charge is 0.376 e. The fraction of sp³-hybridized carbons (Fsp3) is 0.368. The number of carbonyl (C=O) groups is 1. The van der Waals surface area contributed by atoms with Gasteiger partial charge in [-0.05, 0) is 50.5 Å². The van der Waals surface area contributed by atoms with E-state index in [1.807, 2.05) is 36.0 Å². The molecule has 1 aliphatic heterocycles. The number of fused-ring (bicyclic) bond motifs is 1. The van der Waals surface area contributed by atoms with Crippen molar-refractivity contribution in [3.05, 3.63) is 46.7 Å². The molecule has 1 unspecified atom stereocenters. The maximum Gasteiger partial charge on any atom is 0.263 e. The van der Waals surface area contributed by atoms with Crippen molar-refractivity contribution < 1.29 is 9.53 Å². The Morgan fingerprint density at radius 1 is 1.40 bits per heavy atom. The lowest BCUT2D eigenvalue weighted by atomic mass is 10.1. The lowest BCUT2D eigenvalue weighted by molar-refractivity contribution is 0.0861. The van der Waals surface area contributed by atoms with E-state index in [-0.39, 0.29) is 12.0 Å². The number of amides is 1. The molecule has 3 aromatic rings. The number of thiophene rings is 1. The minimum atomic E-state index is -0.0562. The number of aromatic nitrogens is 2. The van der Waals surface area contributed by atoms with Crippen molar-refractivity contribution in [1.82, 2.24) is 14.9 Å². The third-order valence-corrected chi connectivity index (χ3v) is 5.62. The van der Waals surface area contributed by atoms with Gasteiger partial charge in [0.15, 0.2) is 0 Å². The Hall–Kier alpha value is -2.18. The van der Waals surface area contributed by atoms with E-state index in [1.54, 1.807) is 0 Å². The molecule has 1 saturated heterocycles. The summed E-state index contributed by atoms with van der Waals surface area (Å²) >= 11 is 1.46. The van der Waals surface area contributed by atoms with E-state index in [9.17, 15) is 4.79 Å². The van der Waals surface area contributed by atoms with Gasteiger partial charge >= 0.3 is 0 Å². The number of nitrogens with zero attached hydrogens (tertiary/aromatic N) is 2. The second-order valence-electron chi connectivity index (χ2n) is 6.48. The maximum atomic E-state index is 12.9. The van der Waals surface area contributed by atoms with Gasteiger partial charge in [0.05, 0.1) is 11.8 Å². The fourth-order valence-corrected chi connectivity index (χ4v) is 4.61. The van der Waals surface area contributed by atoms with Crippen molar-refractivity contribution in [3.8, 4) is 5.69 Å². The first-order chi connectivity index (χ1) is 12.1. The molecule has 0 saturated carbocycles. The third-order valence-electron chi connectivity index (χ3n) is 4.55. The Labute approximate surface area is 150 Å². The summed E-state index contributed by atoms with van der Waals surface area (Å²) in [5.41, 5.74) is 3.03. The van der Waals surface area contributed by atoms with Crippen LogP contribution in [0.2, 0.25) is 0 Å². The Kier molecular flexibility index (Phi) is 4.31. The van der Waals surface area contributed by atoms with Gasteiger partial charge in [0.2, 0.25) is 0 Å². The van der Waals surface area contributed by atoms with E-state index < -0.39 is 0 Å². The summed E-state index contributed by atoms with van der Waals surface area (Å²) in [4.78, 5) is 19.1. The molecular weight excluding hydrogens is 334 g/mol. The molecular formula is C19H21N3O2S. The Morgan fingerprint density at radius 2 is 2.20 bits per heavy atom. The number of nitrogens with one attached hydrogen (secondary N) is 1. The normalized spacial score (nSPS) is 17.3. The molecule has 3 aromatic heterocycles. The predicted molar refractivity (Wildman–Crippen MR) is 99.7 cm³/mol. The van der Waals surface area contributed by atoms with E-state index in [0.717, 1.165) is 46.6 Å². The first-order valence-corrected chi connectivity index (χ1v) is 9.39.